The van der Waals surface area contributed by atoms with Crippen molar-refractivity contribution in [1.29, 1.82) is 0 Å². The number of carbonyl (C=O) groups is 1. The van der Waals surface area contributed by atoms with Gasteiger partial charge in [-0.2, -0.15) is 0 Å². The summed E-state index contributed by atoms with van der Waals surface area (Å²) < 4.78 is 26.9. The number of rotatable bonds is 7. The Morgan fingerprint density at radius 2 is 1.41 bits per heavy atom. The molecule has 0 bridgehead atoms. The summed E-state index contributed by atoms with van der Waals surface area (Å²) in [4.78, 5) is 15.8. The third-order valence-corrected chi connectivity index (χ3v) is 6.11. The predicted octanol–water partition coefficient (Wildman–Crippen LogP) is 5.01. The molecule has 4 rings (SSSR count). The number of halogens is 2. The van der Waals surface area contributed by atoms with E-state index in [0.29, 0.717) is 5.56 Å². The second-order valence-corrected chi connectivity index (χ2v) is 8.13. The summed E-state index contributed by atoms with van der Waals surface area (Å²) in [7, 11) is 0. The largest absolute Gasteiger partial charge is 0.478 e. The maximum atomic E-state index is 13.4. The fourth-order valence-corrected chi connectivity index (χ4v) is 4.29. The Morgan fingerprint density at radius 3 is 1.94 bits per heavy atom. The first-order valence-electron chi connectivity index (χ1n) is 10.8. The maximum Gasteiger partial charge on any atom is 0.335 e. The molecule has 1 heterocycles. The van der Waals surface area contributed by atoms with Gasteiger partial charge in [-0.05, 0) is 66.6 Å². The Hall–Kier alpha value is -3.25. The van der Waals surface area contributed by atoms with E-state index in [1.807, 2.05) is 6.07 Å². The molecule has 0 atom stereocenters. The summed E-state index contributed by atoms with van der Waals surface area (Å²) >= 11 is 0. The van der Waals surface area contributed by atoms with Gasteiger partial charge in [0.05, 0.1) is 5.56 Å². The third kappa shape index (κ3) is 5.32. The van der Waals surface area contributed by atoms with Crippen LogP contribution in [-0.2, 0) is 0 Å². The van der Waals surface area contributed by atoms with Gasteiger partial charge in [0.25, 0.3) is 0 Å². The highest BCUT2D eigenvalue weighted by Crippen LogP contribution is 2.29. The number of benzene rings is 3. The Labute approximate surface area is 186 Å². The van der Waals surface area contributed by atoms with Crippen molar-refractivity contribution in [2.24, 2.45) is 0 Å². The molecule has 3 aromatic carbocycles. The Bertz CT molecular complexity index is 1000. The summed E-state index contributed by atoms with van der Waals surface area (Å²) in [6.07, 6.45) is 0.839. The molecule has 3 aromatic rings. The van der Waals surface area contributed by atoms with Crippen molar-refractivity contribution in [3.05, 3.63) is 101 Å². The zero-order chi connectivity index (χ0) is 22.5. The molecule has 0 amide bonds. The van der Waals surface area contributed by atoms with Crippen molar-refractivity contribution in [1.82, 2.24) is 4.90 Å². The van der Waals surface area contributed by atoms with E-state index in [1.165, 1.54) is 24.3 Å². The van der Waals surface area contributed by atoms with Crippen molar-refractivity contribution < 1.29 is 18.7 Å². The number of piperazine rings is 1. The van der Waals surface area contributed by atoms with Crippen LogP contribution in [0, 0.1) is 11.6 Å². The van der Waals surface area contributed by atoms with Gasteiger partial charge in [0, 0.05) is 37.8 Å². The maximum absolute atomic E-state index is 13.4. The molecule has 4 nitrogen and oxygen atoms in total. The van der Waals surface area contributed by atoms with Crippen LogP contribution in [-0.4, -0.2) is 48.7 Å². The molecular weight excluding hydrogens is 410 g/mol. The molecule has 1 aliphatic heterocycles. The molecule has 0 saturated carbocycles. The fraction of sp³-hybridized carbons (Fsp3) is 0.269. The van der Waals surface area contributed by atoms with Crippen LogP contribution < -0.4 is 4.90 Å². The highest BCUT2D eigenvalue weighted by Gasteiger charge is 2.21. The minimum atomic E-state index is -0.918. The standard InChI is InChI=1S/C26H26F2N2O2/c27-22-8-4-19(5-9-22)25(20-6-10-23(28)11-7-20)12-13-29-14-16-30(17-15-29)24-3-1-2-21(18-24)26(31)32/h1-11,18,25H,12-17H2,(H,31,32). The van der Waals surface area contributed by atoms with Gasteiger partial charge < -0.3 is 10.0 Å². The van der Waals surface area contributed by atoms with Crippen LogP contribution in [0.5, 0.6) is 0 Å². The molecule has 0 spiro atoms. The first-order valence-corrected chi connectivity index (χ1v) is 10.8. The normalized spacial score (nSPS) is 14.7. The molecule has 6 heteroatoms. The first kappa shape index (κ1) is 22.0. The van der Waals surface area contributed by atoms with Crippen LogP contribution in [0.3, 0.4) is 0 Å². The van der Waals surface area contributed by atoms with E-state index in [-0.39, 0.29) is 17.6 Å². The fourth-order valence-electron chi connectivity index (χ4n) is 4.29. The quantitative estimate of drug-likeness (QED) is 0.566. The van der Waals surface area contributed by atoms with Gasteiger partial charge in [0.1, 0.15) is 11.6 Å². The van der Waals surface area contributed by atoms with Gasteiger partial charge in [-0.1, -0.05) is 30.3 Å². The summed E-state index contributed by atoms with van der Waals surface area (Å²) in [5.41, 5.74) is 3.26. The van der Waals surface area contributed by atoms with Gasteiger partial charge in [0.15, 0.2) is 0 Å². The van der Waals surface area contributed by atoms with E-state index in [1.54, 1.807) is 42.5 Å². The molecule has 0 radical (unpaired) electrons. The SMILES string of the molecule is O=C(O)c1cccc(N2CCN(CCC(c3ccc(F)cc3)c3ccc(F)cc3)CC2)c1. The zero-order valence-electron chi connectivity index (χ0n) is 17.8. The molecule has 166 valence electrons. The number of carboxylic acid groups (broad SMARTS) is 1. The molecule has 32 heavy (non-hydrogen) atoms. The van der Waals surface area contributed by atoms with Crippen molar-refractivity contribution in [2.45, 2.75) is 12.3 Å². The van der Waals surface area contributed by atoms with E-state index >= 15 is 0 Å². The topological polar surface area (TPSA) is 43.8 Å². The smallest absolute Gasteiger partial charge is 0.335 e. The first-order chi connectivity index (χ1) is 15.5. The minimum Gasteiger partial charge on any atom is -0.478 e. The number of aromatic carboxylic acids is 1. The number of nitrogens with zero attached hydrogens (tertiary/aromatic N) is 2. The molecular formula is C26H26F2N2O2. The van der Waals surface area contributed by atoms with E-state index < -0.39 is 5.97 Å². The number of hydrogen-bond acceptors (Lipinski definition) is 3. The van der Waals surface area contributed by atoms with Crippen LogP contribution in [0.2, 0.25) is 0 Å². The monoisotopic (exact) mass is 436 g/mol. The van der Waals surface area contributed by atoms with Crippen LogP contribution in [0.15, 0.2) is 72.8 Å². The van der Waals surface area contributed by atoms with E-state index in [0.717, 1.165) is 56.0 Å². The predicted molar refractivity (Wildman–Crippen MR) is 121 cm³/mol. The lowest BCUT2D eigenvalue weighted by molar-refractivity contribution is 0.0697. The Morgan fingerprint density at radius 1 is 0.844 bits per heavy atom. The third-order valence-electron chi connectivity index (χ3n) is 6.11. The lowest BCUT2D eigenvalue weighted by Gasteiger charge is -2.36. The summed E-state index contributed by atoms with van der Waals surface area (Å²) in [5, 5.41) is 9.22. The van der Waals surface area contributed by atoms with Gasteiger partial charge in [-0.25, -0.2) is 13.6 Å². The van der Waals surface area contributed by atoms with Crippen molar-refractivity contribution in [3.8, 4) is 0 Å². The van der Waals surface area contributed by atoms with Gasteiger partial charge in [0.2, 0.25) is 0 Å². The van der Waals surface area contributed by atoms with Crippen molar-refractivity contribution >= 4 is 11.7 Å². The Balaban J connectivity index is 1.40. The van der Waals surface area contributed by atoms with Crippen molar-refractivity contribution in [2.75, 3.05) is 37.6 Å². The lowest BCUT2D eigenvalue weighted by atomic mass is 9.88. The number of carboxylic acids is 1. The van der Waals surface area contributed by atoms with Crippen LogP contribution in [0.25, 0.3) is 0 Å². The molecule has 1 fully saturated rings. The second-order valence-electron chi connectivity index (χ2n) is 8.13. The number of anilines is 1. The summed E-state index contributed by atoms with van der Waals surface area (Å²) in [5.74, 6) is -1.40. The Kier molecular flexibility index (Phi) is 6.81. The van der Waals surface area contributed by atoms with Crippen LogP contribution in [0.4, 0.5) is 14.5 Å². The van der Waals surface area contributed by atoms with E-state index in [2.05, 4.69) is 9.80 Å². The van der Waals surface area contributed by atoms with E-state index in [4.69, 9.17) is 0 Å². The minimum absolute atomic E-state index is 0.0569. The molecule has 1 aliphatic rings. The molecule has 1 saturated heterocycles. The average molecular weight is 437 g/mol. The lowest BCUT2D eigenvalue weighted by Crippen LogP contribution is -2.46. The van der Waals surface area contributed by atoms with Crippen LogP contribution in [0.1, 0.15) is 33.8 Å². The molecule has 0 unspecified atom stereocenters. The zero-order valence-corrected chi connectivity index (χ0v) is 17.8. The van der Waals surface area contributed by atoms with Crippen LogP contribution >= 0.6 is 0 Å². The van der Waals surface area contributed by atoms with Gasteiger partial charge >= 0.3 is 5.97 Å². The molecule has 0 aliphatic carbocycles. The average Bonchev–Trinajstić information content (AvgIpc) is 2.82. The van der Waals surface area contributed by atoms with Gasteiger partial charge in [-0.3, -0.25) is 4.90 Å². The highest BCUT2D eigenvalue weighted by atomic mass is 19.1. The summed E-state index contributed by atoms with van der Waals surface area (Å²) in [6.45, 7) is 4.25. The summed E-state index contributed by atoms with van der Waals surface area (Å²) in [6, 6.07) is 20.1. The van der Waals surface area contributed by atoms with E-state index in [9.17, 15) is 18.7 Å². The molecule has 0 aromatic heterocycles. The molecule has 1 N–H and O–H groups in total. The van der Waals surface area contributed by atoms with Crippen molar-refractivity contribution in [3.63, 3.8) is 0 Å². The highest BCUT2D eigenvalue weighted by molar-refractivity contribution is 5.88. The second kappa shape index (κ2) is 9.92. The number of hydrogen-bond donors (Lipinski definition) is 1. The van der Waals surface area contributed by atoms with Gasteiger partial charge in [-0.15, -0.1) is 0 Å².